The van der Waals surface area contributed by atoms with Gasteiger partial charge in [-0.15, -0.1) is 0 Å². The molecule has 0 aliphatic carbocycles. The van der Waals surface area contributed by atoms with Crippen molar-refractivity contribution in [1.29, 1.82) is 0 Å². The molecular formula is C9H11ClN2O2. The van der Waals surface area contributed by atoms with E-state index in [4.69, 9.17) is 17.3 Å². The van der Waals surface area contributed by atoms with Crippen LogP contribution in [0.2, 0.25) is 5.02 Å². The molecule has 1 rings (SSSR count). The minimum atomic E-state index is -0.471. The maximum absolute atomic E-state index is 10.4. The van der Waals surface area contributed by atoms with E-state index in [1.165, 1.54) is 12.1 Å². The number of nitrogens with zero attached hydrogens (tertiary/aromatic N) is 1. The summed E-state index contributed by atoms with van der Waals surface area (Å²) in [5.41, 5.74) is 6.44. The van der Waals surface area contributed by atoms with E-state index in [-0.39, 0.29) is 11.7 Å². The molecule has 1 aromatic rings. The van der Waals surface area contributed by atoms with Crippen molar-refractivity contribution in [2.45, 2.75) is 19.4 Å². The first kappa shape index (κ1) is 10.9. The van der Waals surface area contributed by atoms with Crippen LogP contribution in [0.3, 0.4) is 0 Å². The highest BCUT2D eigenvalue weighted by Crippen LogP contribution is 2.23. The maximum atomic E-state index is 10.4. The Morgan fingerprint density at radius 2 is 2.29 bits per heavy atom. The zero-order chi connectivity index (χ0) is 10.7. The average molecular weight is 215 g/mol. The van der Waals surface area contributed by atoms with Crippen molar-refractivity contribution >= 4 is 17.3 Å². The molecule has 0 aliphatic heterocycles. The first-order chi connectivity index (χ1) is 6.50. The standard InChI is InChI=1S/C9H11ClN2O2/c1-6(11)4-7-2-3-8(12(13)14)5-9(7)10/h2-3,5-6H,4,11H2,1H3. The van der Waals surface area contributed by atoms with Gasteiger partial charge >= 0.3 is 0 Å². The van der Waals surface area contributed by atoms with Gasteiger partial charge in [-0.1, -0.05) is 17.7 Å². The van der Waals surface area contributed by atoms with E-state index in [2.05, 4.69) is 0 Å². The molecular weight excluding hydrogens is 204 g/mol. The van der Waals surface area contributed by atoms with Gasteiger partial charge in [0.15, 0.2) is 0 Å². The first-order valence-electron chi connectivity index (χ1n) is 4.19. The molecule has 0 saturated carbocycles. The van der Waals surface area contributed by atoms with E-state index in [1.807, 2.05) is 6.92 Å². The van der Waals surface area contributed by atoms with Crippen molar-refractivity contribution in [2.24, 2.45) is 5.73 Å². The maximum Gasteiger partial charge on any atom is 0.270 e. The number of halogens is 1. The largest absolute Gasteiger partial charge is 0.328 e. The van der Waals surface area contributed by atoms with Crippen LogP contribution in [0.1, 0.15) is 12.5 Å². The van der Waals surface area contributed by atoms with E-state index in [0.29, 0.717) is 11.4 Å². The molecule has 0 heterocycles. The summed E-state index contributed by atoms with van der Waals surface area (Å²) >= 11 is 5.86. The minimum absolute atomic E-state index is 0.00317. The molecule has 1 unspecified atom stereocenters. The van der Waals surface area contributed by atoms with Crippen molar-refractivity contribution in [1.82, 2.24) is 0 Å². The third kappa shape index (κ3) is 2.68. The van der Waals surface area contributed by atoms with Crippen molar-refractivity contribution in [3.8, 4) is 0 Å². The summed E-state index contributed by atoms with van der Waals surface area (Å²) in [7, 11) is 0. The number of hydrogen-bond acceptors (Lipinski definition) is 3. The summed E-state index contributed by atoms with van der Waals surface area (Å²) in [5, 5.41) is 10.8. The Hall–Kier alpha value is -1.13. The van der Waals surface area contributed by atoms with Gasteiger partial charge in [0.2, 0.25) is 0 Å². The highest BCUT2D eigenvalue weighted by Gasteiger charge is 2.09. The number of non-ortho nitro benzene ring substituents is 1. The molecule has 0 fully saturated rings. The lowest BCUT2D eigenvalue weighted by Crippen LogP contribution is -2.17. The SMILES string of the molecule is CC(N)Cc1ccc([N+](=O)[O-])cc1Cl. The molecule has 1 atom stereocenters. The van der Waals surface area contributed by atoms with Gasteiger partial charge in [-0.25, -0.2) is 0 Å². The fraction of sp³-hybridized carbons (Fsp3) is 0.333. The third-order valence-electron chi connectivity index (χ3n) is 1.79. The molecule has 0 saturated heterocycles. The van der Waals surface area contributed by atoms with Crippen LogP contribution < -0.4 is 5.73 Å². The molecule has 76 valence electrons. The van der Waals surface area contributed by atoms with Crippen LogP contribution in [-0.2, 0) is 6.42 Å². The van der Waals surface area contributed by atoms with Gasteiger partial charge < -0.3 is 5.73 Å². The van der Waals surface area contributed by atoms with E-state index >= 15 is 0 Å². The molecule has 2 N–H and O–H groups in total. The normalized spacial score (nSPS) is 12.5. The Bertz CT molecular complexity index is 353. The Kier molecular flexibility index (Phi) is 3.43. The number of benzene rings is 1. The molecule has 0 aromatic heterocycles. The molecule has 0 radical (unpaired) electrons. The highest BCUT2D eigenvalue weighted by atomic mass is 35.5. The van der Waals surface area contributed by atoms with Crippen LogP contribution in [0, 0.1) is 10.1 Å². The Morgan fingerprint density at radius 3 is 2.71 bits per heavy atom. The van der Waals surface area contributed by atoms with Crippen LogP contribution in [0.25, 0.3) is 0 Å². The lowest BCUT2D eigenvalue weighted by molar-refractivity contribution is -0.384. The van der Waals surface area contributed by atoms with Gasteiger partial charge in [0.05, 0.1) is 9.95 Å². The number of hydrogen-bond donors (Lipinski definition) is 1. The van der Waals surface area contributed by atoms with Crippen molar-refractivity contribution in [3.05, 3.63) is 38.9 Å². The summed E-state index contributed by atoms with van der Waals surface area (Å²) in [5.74, 6) is 0. The van der Waals surface area contributed by atoms with Crippen LogP contribution in [0.5, 0.6) is 0 Å². The highest BCUT2D eigenvalue weighted by molar-refractivity contribution is 6.31. The summed E-state index contributed by atoms with van der Waals surface area (Å²) in [6.45, 7) is 1.86. The zero-order valence-corrected chi connectivity index (χ0v) is 8.49. The number of nitro benzene ring substituents is 1. The number of nitro groups is 1. The van der Waals surface area contributed by atoms with Crippen LogP contribution >= 0.6 is 11.6 Å². The van der Waals surface area contributed by atoms with Gasteiger partial charge in [0, 0.05) is 18.2 Å². The molecule has 0 aliphatic rings. The zero-order valence-electron chi connectivity index (χ0n) is 7.74. The second-order valence-electron chi connectivity index (χ2n) is 3.21. The molecule has 14 heavy (non-hydrogen) atoms. The van der Waals surface area contributed by atoms with Crippen LogP contribution in [0.4, 0.5) is 5.69 Å². The Labute approximate surface area is 86.8 Å². The minimum Gasteiger partial charge on any atom is -0.328 e. The summed E-state index contributed by atoms with van der Waals surface area (Å²) in [6, 6.07) is 4.42. The van der Waals surface area contributed by atoms with E-state index in [0.717, 1.165) is 5.56 Å². The smallest absolute Gasteiger partial charge is 0.270 e. The Balaban J connectivity index is 2.95. The monoisotopic (exact) mass is 214 g/mol. The topological polar surface area (TPSA) is 69.2 Å². The fourth-order valence-electron chi connectivity index (χ4n) is 1.16. The predicted molar refractivity (Wildman–Crippen MR) is 55.5 cm³/mol. The summed E-state index contributed by atoms with van der Waals surface area (Å²) < 4.78 is 0. The molecule has 0 amide bonds. The number of nitrogens with two attached hydrogens (primary N) is 1. The average Bonchev–Trinajstić information content (AvgIpc) is 2.07. The van der Waals surface area contributed by atoms with Crippen LogP contribution in [-0.4, -0.2) is 11.0 Å². The molecule has 0 bridgehead atoms. The second kappa shape index (κ2) is 4.39. The summed E-state index contributed by atoms with van der Waals surface area (Å²) in [6.07, 6.45) is 0.622. The van der Waals surface area contributed by atoms with Crippen molar-refractivity contribution < 1.29 is 4.92 Å². The summed E-state index contributed by atoms with van der Waals surface area (Å²) in [4.78, 5) is 9.94. The van der Waals surface area contributed by atoms with Gasteiger partial charge in [-0.05, 0) is 18.9 Å². The van der Waals surface area contributed by atoms with E-state index in [9.17, 15) is 10.1 Å². The van der Waals surface area contributed by atoms with E-state index < -0.39 is 4.92 Å². The van der Waals surface area contributed by atoms with E-state index in [1.54, 1.807) is 6.07 Å². The number of rotatable bonds is 3. The van der Waals surface area contributed by atoms with Crippen molar-refractivity contribution in [3.63, 3.8) is 0 Å². The molecule has 4 nitrogen and oxygen atoms in total. The second-order valence-corrected chi connectivity index (χ2v) is 3.62. The van der Waals surface area contributed by atoms with Gasteiger partial charge in [-0.2, -0.15) is 0 Å². The molecule has 5 heteroatoms. The molecule has 1 aromatic carbocycles. The third-order valence-corrected chi connectivity index (χ3v) is 2.14. The lowest BCUT2D eigenvalue weighted by atomic mass is 10.1. The fourth-order valence-corrected chi connectivity index (χ4v) is 1.41. The van der Waals surface area contributed by atoms with Crippen molar-refractivity contribution in [2.75, 3.05) is 0 Å². The van der Waals surface area contributed by atoms with Gasteiger partial charge in [-0.3, -0.25) is 10.1 Å². The lowest BCUT2D eigenvalue weighted by Gasteiger charge is -2.06. The van der Waals surface area contributed by atoms with Crippen LogP contribution in [0.15, 0.2) is 18.2 Å². The van der Waals surface area contributed by atoms with Gasteiger partial charge in [0.1, 0.15) is 0 Å². The predicted octanol–water partition coefficient (Wildman–Crippen LogP) is 2.14. The van der Waals surface area contributed by atoms with Gasteiger partial charge in [0.25, 0.3) is 5.69 Å². The molecule has 0 spiro atoms. The Morgan fingerprint density at radius 1 is 1.64 bits per heavy atom. The first-order valence-corrected chi connectivity index (χ1v) is 4.57. The quantitative estimate of drug-likeness (QED) is 0.619.